The Morgan fingerprint density at radius 2 is 2.12 bits per heavy atom. The molecule has 0 spiro atoms. The molecule has 0 radical (unpaired) electrons. The Kier molecular flexibility index (Phi) is 6.01. The number of pyridine rings is 1. The van der Waals surface area contributed by atoms with Gasteiger partial charge in [0.05, 0.1) is 24.1 Å². The molecule has 0 aliphatic carbocycles. The number of nitrogens with zero attached hydrogens (tertiary/aromatic N) is 4. The number of thiocarbonyl (C=S) groups is 1. The molecule has 1 aromatic carbocycles. The molecular formula is C22H18F3N5O3S. The number of hydrogen-bond acceptors (Lipinski definition) is 6. The number of anilines is 1. The third kappa shape index (κ3) is 4.08. The Balaban J connectivity index is 1.63. The van der Waals surface area contributed by atoms with Crippen molar-refractivity contribution in [1.29, 1.82) is 5.26 Å². The third-order valence-corrected chi connectivity index (χ3v) is 6.15. The second-order valence-corrected chi connectivity index (χ2v) is 8.41. The van der Waals surface area contributed by atoms with Crippen molar-refractivity contribution in [1.82, 2.24) is 15.2 Å². The monoisotopic (exact) mass is 489 g/mol. The van der Waals surface area contributed by atoms with Crippen molar-refractivity contribution >= 4 is 34.8 Å². The molecule has 0 bridgehead atoms. The van der Waals surface area contributed by atoms with E-state index in [1.54, 1.807) is 30.0 Å². The quantitative estimate of drug-likeness (QED) is 0.634. The second kappa shape index (κ2) is 8.66. The Morgan fingerprint density at radius 1 is 1.38 bits per heavy atom. The van der Waals surface area contributed by atoms with Gasteiger partial charge in [-0.25, -0.2) is 4.98 Å². The van der Waals surface area contributed by atoms with Gasteiger partial charge in [-0.3, -0.25) is 14.5 Å². The number of carbonyl (C=O) groups is 2. The topological polar surface area (TPSA) is 110 Å². The van der Waals surface area contributed by atoms with Gasteiger partial charge in [0, 0.05) is 24.6 Å². The highest BCUT2D eigenvalue weighted by Crippen LogP contribution is 2.37. The summed E-state index contributed by atoms with van der Waals surface area (Å²) >= 11 is 5.43. The Bertz CT molecular complexity index is 1240. The van der Waals surface area contributed by atoms with Crippen molar-refractivity contribution in [3.05, 3.63) is 58.4 Å². The minimum atomic E-state index is -4.83. The summed E-state index contributed by atoms with van der Waals surface area (Å²) in [4.78, 5) is 31.7. The van der Waals surface area contributed by atoms with Crippen LogP contribution >= 0.6 is 12.2 Å². The molecule has 2 atom stereocenters. The van der Waals surface area contributed by atoms with Crippen molar-refractivity contribution in [3.63, 3.8) is 0 Å². The smallest absolute Gasteiger partial charge is 0.394 e. The van der Waals surface area contributed by atoms with E-state index >= 15 is 0 Å². The number of alkyl halides is 3. The average Bonchev–Trinajstić information content (AvgIpc) is 3.05. The predicted molar refractivity (Wildman–Crippen MR) is 118 cm³/mol. The van der Waals surface area contributed by atoms with Gasteiger partial charge < -0.3 is 15.3 Å². The zero-order chi connectivity index (χ0) is 24.8. The van der Waals surface area contributed by atoms with Gasteiger partial charge in [-0.2, -0.15) is 18.4 Å². The molecule has 2 amide bonds. The van der Waals surface area contributed by atoms with Crippen LogP contribution in [0.5, 0.6) is 0 Å². The molecule has 3 heterocycles. The SMILES string of the molecule is CC(CO)NC(=O)c1ccc2c(c1)CN1C(=S)N(c3cnc(C#N)c(C(F)(F)F)c3)C(=O)C1C2. The lowest BCUT2D eigenvalue weighted by Gasteiger charge is -2.30. The molecule has 12 heteroatoms. The van der Waals surface area contributed by atoms with Gasteiger partial charge in [0.1, 0.15) is 12.1 Å². The number of benzene rings is 1. The summed E-state index contributed by atoms with van der Waals surface area (Å²) in [6, 6.07) is 6.00. The van der Waals surface area contributed by atoms with Gasteiger partial charge in [0.25, 0.3) is 11.8 Å². The molecule has 2 aliphatic rings. The summed E-state index contributed by atoms with van der Waals surface area (Å²) in [5.74, 6) is -0.856. The molecule has 1 saturated heterocycles. The molecule has 2 aromatic rings. The fraction of sp³-hybridized carbons (Fsp3) is 0.318. The third-order valence-electron chi connectivity index (χ3n) is 5.74. The molecule has 1 fully saturated rings. The van der Waals surface area contributed by atoms with E-state index in [4.69, 9.17) is 22.6 Å². The van der Waals surface area contributed by atoms with E-state index in [0.717, 1.165) is 22.2 Å². The maximum atomic E-state index is 13.4. The van der Waals surface area contributed by atoms with Crippen LogP contribution in [-0.2, 0) is 23.9 Å². The maximum Gasteiger partial charge on any atom is 0.419 e. The number of aromatic nitrogens is 1. The molecule has 2 aliphatic heterocycles. The number of nitriles is 1. The Labute approximate surface area is 197 Å². The van der Waals surface area contributed by atoms with Gasteiger partial charge in [-0.05, 0) is 48.5 Å². The number of fused-ring (bicyclic) bond motifs is 2. The Hall–Kier alpha value is -3.56. The van der Waals surface area contributed by atoms with E-state index in [9.17, 15) is 22.8 Å². The normalized spacial score (nSPS) is 18.3. The molecule has 2 unspecified atom stereocenters. The highest BCUT2D eigenvalue weighted by molar-refractivity contribution is 7.80. The van der Waals surface area contributed by atoms with Gasteiger partial charge >= 0.3 is 6.18 Å². The number of rotatable bonds is 4. The van der Waals surface area contributed by atoms with Crippen molar-refractivity contribution in [2.75, 3.05) is 11.5 Å². The van der Waals surface area contributed by atoms with Crippen LogP contribution in [0.1, 0.15) is 39.7 Å². The molecular weight excluding hydrogens is 471 g/mol. The van der Waals surface area contributed by atoms with E-state index in [-0.39, 0.29) is 36.3 Å². The van der Waals surface area contributed by atoms with Crippen molar-refractivity contribution in [3.8, 4) is 6.07 Å². The van der Waals surface area contributed by atoms with Crippen molar-refractivity contribution in [2.24, 2.45) is 0 Å². The lowest BCUT2D eigenvalue weighted by molar-refractivity contribution is -0.138. The second-order valence-electron chi connectivity index (χ2n) is 8.04. The summed E-state index contributed by atoms with van der Waals surface area (Å²) < 4.78 is 40.2. The highest BCUT2D eigenvalue weighted by atomic mass is 32.1. The summed E-state index contributed by atoms with van der Waals surface area (Å²) in [6.07, 6.45) is -3.55. The molecule has 2 N–H and O–H groups in total. The number of nitrogens with one attached hydrogen (secondary N) is 1. The molecule has 0 saturated carbocycles. The van der Waals surface area contributed by atoms with E-state index in [1.165, 1.54) is 6.07 Å². The van der Waals surface area contributed by atoms with E-state index in [1.807, 2.05) is 0 Å². The van der Waals surface area contributed by atoms with Crippen molar-refractivity contribution < 1.29 is 27.9 Å². The highest BCUT2D eigenvalue weighted by Gasteiger charge is 2.46. The van der Waals surface area contributed by atoms with E-state index in [0.29, 0.717) is 11.6 Å². The lowest BCUT2D eigenvalue weighted by Crippen LogP contribution is -2.40. The van der Waals surface area contributed by atoms with Crippen LogP contribution in [0.25, 0.3) is 0 Å². The number of aliphatic hydroxyl groups excluding tert-OH is 1. The number of aliphatic hydroxyl groups is 1. The number of carbonyl (C=O) groups excluding carboxylic acids is 2. The zero-order valence-corrected chi connectivity index (χ0v) is 18.6. The van der Waals surface area contributed by atoms with Crippen LogP contribution in [0.15, 0.2) is 30.5 Å². The number of hydrogen-bond donors (Lipinski definition) is 2. The fourth-order valence-electron chi connectivity index (χ4n) is 3.99. The number of halogens is 3. The van der Waals surface area contributed by atoms with E-state index < -0.39 is 35.4 Å². The molecule has 4 rings (SSSR count). The van der Waals surface area contributed by atoms with Crippen LogP contribution < -0.4 is 10.2 Å². The zero-order valence-electron chi connectivity index (χ0n) is 17.8. The molecule has 34 heavy (non-hydrogen) atoms. The minimum absolute atomic E-state index is 0.0176. The Morgan fingerprint density at radius 3 is 2.76 bits per heavy atom. The van der Waals surface area contributed by atoms with Crippen molar-refractivity contribution in [2.45, 2.75) is 38.1 Å². The summed E-state index contributed by atoms with van der Waals surface area (Å²) in [7, 11) is 0. The maximum absolute atomic E-state index is 13.4. The summed E-state index contributed by atoms with van der Waals surface area (Å²) in [5, 5.41) is 20.8. The first-order valence-corrected chi connectivity index (χ1v) is 10.6. The number of amides is 2. The van der Waals surface area contributed by atoms with Crippen LogP contribution in [0.3, 0.4) is 0 Å². The van der Waals surface area contributed by atoms with Gasteiger partial charge in [0.15, 0.2) is 10.8 Å². The van der Waals surface area contributed by atoms with Crippen LogP contribution in [0, 0.1) is 11.3 Å². The minimum Gasteiger partial charge on any atom is -0.394 e. The first kappa shape index (κ1) is 23.6. The average molecular weight is 489 g/mol. The first-order valence-electron chi connectivity index (χ1n) is 10.2. The first-order chi connectivity index (χ1) is 16.0. The fourth-order valence-corrected chi connectivity index (χ4v) is 4.38. The molecule has 8 nitrogen and oxygen atoms in total. The largest absolute Gasteiger partial charge is 0.419 e. The predicted octanol–water partition coefficient (Wildman–Crippen LogP) is 2.14. The molecule has 1 aromatic heterocycles. The molecule has 176 valence electrons. The van der Waals surface area contributed by atoms with Crippen LogP contribution in [-0.4, -0.2) is 50.6 Å². The van der Waals surface area contributed by atoms with Gasteiger partial charge in [0.2, 0.25) is 0 Å². The van der Waals surface area contributed by atoms with Crippen LogP contribution in [0.2, 0.25) is 0 Å². The van der Waals surface area contributed by atoms with E-state index in [2.05, 4.69) is 10.3 Å². The lowest BCUT2D eigenvalue weighted by atomic mass is 9.93. The van der Waals surface area contributed by atoms with Crippen LogP contribution in [0.4, 0.5) is 18.9 Å². The summed E-state index contributed by atoms with van der Waals surface area (Å²) in [6.45, 7) is 1.64. The van der Waals surface area contributed by atoms with Gasteiger partial charge in [-0.15, -0.1) is 0 Å². The standard InChI is InChI=1S/C22H18F3N5O3S/c1-11(10-31)28-19(32)13-3-2-12-5-18-20(33)30(21(34)29(18)9-14(12)4-13)15-6-16(22(23,24)25)17(7-26)27-8-15/h2-4,6,8,11,18,31H,5,9-10H2,1H3,(H,28,32). The summed E-state index contributed by atoms with van der Waals surface area (Å²) in [5.41, 5.74) is -0.259. The van der Waals surface area contributed by atoms with Gasteiger partial charge in [-0.1, -0.05) is 6.07 Å².